The minimum Gasteiger partial charge on any atom is -0.460 e. The van der Waals surface area contributed by atoms with Crippen molar-refractivity contribution in [3.8, 4) is 0 Å². The van der Waals surface area contributed by atoms with Crippen molar-refractivity contribution >= 4 is 46.5 Å². The summed E-state index contributed by atoms with van der Waals surface area (Å²) in [5, 5.41) is 7.21. The van der Waals surface area contributed by atoms with Crippen molar-refractivity contribution in [2.45, 2.75) is 13.0 Å². The highest BCUT2D eigenvalue weighted by atomic mass is 35.5. The number of allylic oxidation sites excluding steroid dienone is 1. The first-order valence-corrected chi connectivity index (χ1v) is 8.00. The van der Waals surface area contributed by atoms with Crippen LogP contribution in [0.25, 0.3) is 0 Å². The molecule has 1 aromatic rings. The van der Waals surface area contributed by atoms with Crippen LogP contribution in [0.1, 0.15) is 18.5 Å². The third-order valence-electron chi connectivity index (χ3n) is 3.30. The molecule has 1 heterocycles. The molecule has 0 radical (unpaired) electrons. The van der Waals surface area contributed by atoms with Crippen molar-refractivity contribution in [3.63, 3.8) is 0 Å². The number of esters is 1. The Morgan fingerprint density at radius 1 is 1.30 bits per heavy atom. The van der Waals surface area contributed by atoms with Gasteiger partial charge in [0.25, 0.3) is 0 Å². The summed E-state index contributed by atoms with van der Waals surface area (Å²) in [6.07, 6.45) is 0. The number of nitrogens with one attached hydrogen (secondary N) is 2. The van der Waals surface area contributed by atoms with Crippen molar-refractivity contribution in [2.75, 3.05) is 20.3 Å². The molecule has 0 saturated carbocycles. The largest absolute Gasteiger partial charge is 0.460 e. The number of hydrogen-bond acceptors (Lipinski definition) is 4. The van der Waals surface area contributed by atoms with E-state index in [0.29, 0.717) is 38.6 Å². The summed E-state index contributed by atoms with van der Waals surface area (Å²) in [5.41, 5.74) is 1.56. The maximum absolute atomic E-state index is 12.5. The zero-order valence-corrected chi connectivity index (χ0v) is 14.9. The smallest absolute Gasteiger partial charge is 0.338 e. The summed E-state index contributed by atoms with van der Waals surface area (Å²) < 4.78 is 10.1. The van der Waals surface area contributed by atoms with Gasteiger partial charge in [-0.25, -0.2) is 4.79 Å². The highest BCUT2D eigenvalue weighted by molar-refractivity contribution is 7.80. The molecule has 2 rings (SSSR count). The molecular formula is C15H16Cl2N2O3S. The fourth-order valence-corrected chi connectivity index (χ4v) is 3.15. The van der Waals surface area contributed by atoms with Gasteiger partial charge in [-0.05, 0) is 31.3 Å². The fraction of sp³-hybridized carbons (Fsp3) is 0.333. The normalized spacial score (nSPS) is 17.6. The molecule has 0 aromatic heterocycles. The maximum atomic E-state index is 12.5. The first-order chi connectivity index (χ1) is 11.0. The number of ether oxygens (including phenoxy) is 2. The minimum absolute atomic E-state index is 0.152. The van der Waals surface area contributed by atoms with Gasteiger partial charge >= 0.3 is 5.97 Å². The van der Waals surface area contributed by atoms with Gasteiger partial charge in [0, 0.05) is 28.4 Å². The molecule has 0 spiro atoms. The second-order valence-electron chi connectivity index (χ2n) is 4.83. The van der Waals surface area contributed by atoms with Gasteiger partial charge < -0.3 is 20.1 Å². The van der Waals surface area contributed by atoms with Gasteiger partial charge in [0.2, 0.25) is 0 Å². The van der Waals surface area contributed by atoms with Gasteiger partial charge in [0.1, 0.15) is 6.61 Å². The van der Waals surface area contributed by atoms with Crippen LogP contribution in [0, 0.1) is 0 Å². The zero-order valence-electron chi connectivity index (χ0n) is 12.6. The molecule has 5 nitrogen and oxygen atoms in total. The molecule has 0 unspecified atom stereocenters. The average molecular weight is 375 g/mol. The average Bonchev–Trinajstić information content (AvgIpc) is 2.46. The van der Waals surface area contributed by atoms with Crippen molar-refractivity contribution in [3.05, 3.63) is 45.1 Å². The first kappa shape index (κ1) is 18.0. The maximum Gasteiger partial charge on any atom is 0.338 e. The Labute approximate surface area is 149 Å². The van der Waals surface area contributed by atoms with E-state index in [9.17, 15) is 4.79 Å². The molecule has 2 N–H and O–H groups in total. The Morgan fingerprint density at radius 3 is 2.57 bits per heavy atom. The number of benzene rings is 1. The molecule has 1 aliphatic heterocycles. The minimum atomic E-state index is -0.583. The molecule has 124 valence electrons. The van der Waals surface area contributed by atoms with E-state index in [4.69, 9.17) is 44.9 Å². The molecule has 1 aromatic carbocycles. The zero-order chi connectivity index (χ0) is 17.0. The van der Waals surface area contributed by atoms with Gasteiger partial charge in [-0.3, -0.25) is 0 Å². The van der Waals surface area contributed by atoms with E-state index in [2.05, 4.69) is 10.6 Å². The predicted molar refractivity (Wildman–Crippen MR) is 93.6 cm³/mol. The molecule has 23 heavy (non-hydrogen) atoms. The van der Waals surface area contributed by atoms with Crippen LogP contribution in [0.4, 0.5) is 0 Å². The van der Waals surface area contributed by atoms with Crippen molar-refractivity contribution in [1.29, 1.82) is 0 Å². The van der Waals surface area contributed by atoms with Crippen LogP contribution in [0.2, 0.25) is 10.0 Å². The lowest BCUT2D eigenvalue weighted by atomic mass is 9.95. The summed E-state index contributed by atoms with van der Waals surface area (Å²) in [6.45, 7) is 2.21. The molecular weight excluding hydrogens is 359 g/mol. The van der Waals surface area contributed by atoms with Gasteiger partial charge in [-0.2, -0.15) is 0 Å². The summed E-state index contributed by atoms with van der Waals surface area (Å²) in [6, 6.07) is 4.57. The molecule has 0 amide bonds. The fourth-order valence-electron chi connectivity index (χ4n) is 2.26. The Morgan fingerprint density at radius 2 is 1.96 bits per heavy atom. The monoisotopic (exact) mass is 374 g/mol. The van der Waals surface area contributed by atoms with Gasteiger partial charge in [0.05, 0.1) is 18.2 Å². The molecule has 0 fully saturated rings. The van der Waals surface area contributed by atoms with E-state index in [-0.39, 0.29) is 6.61 Å². The first-order valence-electron chi connectivity index (χ1n) is 6.84. The van der Waals surface area contributed by atoms with Crippen LogP contribution in [0.3, 0.4) is 0 Å². The highest BCUT2D eigenvalue weighted by Crippen LogP contribution is 2.36. The second-order valence-corrected chi connectivity index (χ2v) is 6.06. The lowest BCUT2D eigenvalue weighted by molar-refractivity contribution is -0.140. The quantitative estimate of drug-likeness (QED) is 0.469. The van der Waals surface area contributed by atoms with E-state index in [1.807, 2.05) is 0 Å². The number of carbonyl (C=O) groups excluding carboxylic acids is 1. The van der Waals surface area contributed by atoms with E-state index >= 15 is 0 Å². The molecule has 0 saturated heterocycles. The summed E-state index contributed by atoms with van der Waals surface area (Å²) in [4.78, 5) is 12.5. The molecule has 1 atom stereocenters. The lowest BCUT2D eigenvalue weighted by Crippen LogP contribution is -2.45. The van der Waals surface area contributed by atoms with Crippen LogP contribution < -0.4 is 10.6 Å². The lowest BCUT2D eigenvalue weighted by Gasteiger charge is -2.30. The summed E-state index contributed by atoms with van der Waals surface area (Å²) >= 11 is 17.7. The molecule has 1 aliphatic rings. The van der Waals surface area contributed by atoms with Gasteiger partial charge in [-0.1, -0.05) is 29.3 Å². The molecule has 0 bridgehead atoms. The van der Waals surface area contributed by atoms with Crippen molar-refractivity contribution < 1.29 is 14.3 Å². The standard InChI is InChI=1S/C15H16Cl2N2O3S/c1-8-11(14(20)22-7-6-21-2)13(19-15(23)18-8)12-9(16)4-3-5-10(12)17/h3-5,13H,6-7H2,1-2H3,(H2,18,19,23)/t13-/m0/s1. The van der Waals surface area contributed by atoms with Crippen LogP contribution in [-0.2, 0) is 14.3 Å². The number of carbonyl (C=O) groups is 1. The highest BCUT2D eigenvalue weighted by Gasteiger charge is 2.33. The Bertz CT molecular complexity index is 644. The summed E-state index contributed by atoms with van der Waals surface area (Å²) in [7, 11) is 1.53. The Hall–Kier alpha value is -1.34. The number of rotatable bonds is 5. The third-order valence-corrected chi connectivity index (χ3v) is 4.18. The molecule has 8 heteroatoms. The third kappa shape index (κ3) is 4.14. The van der Waals surface area contributed by atoms with E-state index < -0.39 is 12.0 Å². The van der Waals surface area contributed by atoms with E-state index in [0.717, 1.165) is 0 Å². The van der Waals surface area contributed by atoms with Crippen LogP contribution in [0.15, 0.2) is 29.5 Å². The predicted octanol–water partition coefficient (Wildman–Crippen LogP) is 2.98. The van der Waals surface area contributed by atoms with E-state index in [1.54, 1.807) is 25.1 Å². The number of hydrogen-bond donors (Lipinski definition) is 2. The number of methoxy groups -OCH3 is 1. The SMILES string of the molecule is COCCOC(=O)C1=C(C)NC(=S)N[C@@H]1c1c(Cl)cccc1Cl. The Balaban J connectivity index is 2.40. The van der Waals surface area contributed by atoms with E-state index in [1.165, 1.54) is 7.11 Å². The van der Waals surface area contributed by atoms with Crippen molar-refractivity contribution in [2.24, 2.45) is 0 Å². The molecule has 0 aliphatic carbocycles. The van der Waals surface area contributed by atoms with Gasteiger partial charge in [0.15, 0.2) is 5.11 Å². The van der Waals surface area contributed by atoms with Crippen molar-refractivity contribution in [1.82, 2.24) is 10.6 Å². The Kier molecular flexibility index (Phi) is 6.24. The second kappa shape index (κ2) is 7.97. The van der Waals surface area contributed by atoms with Crippen LogP contribution in [0.5, 0.6) is 0 Å². The topological polar surface area (TPSA) is 59.6 Å². The summed E-state index contributed by atoms with van der Waals surface area (Å²) in [5.74, 6) is -0.483. The number of thiocarbonyl (C=S) groups is 1. The number of halogens is 2. The van der Waals surface area contributed by atoms with Gasteiger partial charge in [-0.15, -0.1) is 0 Å². The van der Waals surface area contributed by atoms with Crippen LogP contribution in [-0.4, -0.2) is 31.4 Å². The van der Waals surface area contributed by atoms with Crippen LogP contribution >= 0.6 is 35.4 Å².